The van der Waals surface area contributed by atoms with Crippen LogP contribution in [-0.4, -0.2) is 14.2 Å². The summed E-state index contributed by atoms with van der Waals surface area (Å²) in [5.41, 5.74) is 7.27. The molecule has 0 bridgehead atoms. The van der Waals surface area contributed by atoms with Gasteiger partial charge in [0, 0.05) is 16.8 Å². The predicted molar refractivity (Wildman–Crippen MR) is 71.5 cm³/mol. The van der Waals surface area contributed by atoms with E-state index in [1.165, 1.54) is 0 Å². The Balaban J connectivity index is 2.54. The molecule has 0 aliphatic carbocycles. The summed E-state index contributed by atoms with van der Waals surface area (Å²) in [7, 11) is -3.04. The highest BCUT2D eigenvalue weighted by atomic mass is 32.2. The first-order chi connectivity index (χ1) is 8.03. The summed E-state index contributed by atoms with van der Waals surface area (Å²) in [4.78, 5) is 0. The van der Waals surface area contributed by atoms with Gasteiger partial charge in [-0.15, -0.1) is 0 Å². The normalized spacial score (nSPS) is 11.8. The predicted octanol–water partition coefficient (Wildman–Crippen LogP) is 2.36. The second-order valence-corrected chi connectivity index (χ2v) is 6.39. The van der Waals surface area contributed by atoms with Gasteiger partial charge in [0.2, 0.25) is 0 Å². The summed E-state index contributed by atoms with van der Waals surface area (Å²) >= 11 is 0. The van der Waals surface area contributed by atoms with Gasteiger partial charge < -0.3 is 5.73 Å². The fraction of sp³-hybridized carbons (Fsp3) is 0.231. The minimum absolute atomic E-state index is 0.0141. The Labute approximate surface area is 101 Å². The maximum Gasteiger partial charge on any atom is 0.154 e. The summed E-state index contributed by atoms with van der Waals surface area (Å²) in [6.45, 7) is 1.65. The van der Waals surface area contributed by atoms with Gasteiger partial charge in [-0.3, -0.25) is 0 Å². The number of benzene rings is 2. The van der Waals surface area contributed by atoms with Crippen molar-refractivity contribution in [1.29, 1.82) is 0 Å². The summed E-state index contributed by atoms with van der Waals surface area (Å²) in [6.07, 6.45) is 0. The smallest absolute Gasteiger partial charge is 0.154 e. The SMILES string of the molecule is CCS(=O)(=O)Cc1ccc2ccccc2c1N. The summed E-state index contributed by atoms with van der Waals surface area (Å²) in [6, 6.07) is 11.4. The lowest BCUT2D eigenvalue weighted by Crippen LogP contribution is -2.08. The van der Waals surface area contributed by atoms with Gasteiger partial charge in [-0.1, -0.05) is 43.3 Å². The van der Waals surface area contributed by atoms with E-state index in [1.807, 2.05) is 30.3 Å². The van der Waals surface area contributed by atoms with Crippen LogP contribution in [0.2, 0.25) is 0 Å². The van der Waals surface area contributed by atoms with Crippen molar-refractivity contribution in [1.82, 2.24) is 0 Å². The standard InChI is InChI=1S/C13H15NO2S/c1-2-17(15,16)9-11-8-7-10-5-3-4-6-12(10)13(11)14/h3-8H,2,9,14H2,1H3. The highest BCUT2D eigenvalue weighted by Crippen LogP contribution is 2.26. The van der Waals surface area contributed by atoms with Gasteiger partial charge in [0.05, 0.1) is 5.75 Å². The first-order valence-corrected chi connectivity index (χ1v) is 7.32. The number of sulfone groups is 1. The molecule has 0 heterocycles. The van der Waals surface area contributed by atoms with Gasteiger partial charge in [0.1, 0.15) is 0 Å². The van der Waals surface area contributed by atoms with E-state index < -0.39 is 9.84 Å². The lowest BCUT2D eigenvalue weighted by Gasteiger charge is -2.09. The number of anilines is 1. The molecule has 0 spiro atoms. The Morgan fingerprint density at radius 3 is 2.53 bits per heavy atom. The average molecular weight is 249 g/mol. The van der Waals surface area contributed by atoms with Crippen LogP contribution in [-0.2, 0) is 15.6 Å². The minimum atomic E-state index is -3.04. The van der Waals surface area contributed by atoms with Gasteiger partial charge in [0.15, 0.2) is 9.84 Å². The van der Waals surface area contributed by atoms with E-state index in [0.29, 0.717) is 11.3 Å². The highest BCUT2D eigenvalue weighted by Gasteiger charge is 2.12. The molecule has 0 saturated heterocycles. The Kier molecular flexibility index (Phi) is 3.07. The second-order valence-electron chi connectivity index (χ2n) is 4.04. The van der Waals surface area contributed by atoms with E-state index in [9.17, 15) is 8.42 Å². The molecule has 0 amide bonds. The molecule has 0 fully saturated rings. The third-order valence-corrected chi connectivity index (χ3v) is 4.51. The molecule has 0 aliphatic heterocycles. The molecule has 2 rings (SSSR count). The first kappa shape index (κ1) is 11.9. The average Bonchev–Trinajstić information content (AvgIpc) is 2.33. The van der Waals surface area contributed by atoms with E-state index >= 15 is 0 Å². The lowest BCUT2D eigenvalue weighted by atomic mass is 10.1. The fourth-order valence-corrected chi connectivity index (χ4v) is 2.74. The Morgan fingerprint density at radius 1 is 1.12 bits per heavy atom. The lowest BCUT2D eigenvalue weighted by molar-refractivity contribution is 0.596. The number of rotatable bonds is 3. The van der Waals surface area contributed by atoms with E-state index in [1.54, 1.807) is 13.0 Å². The van der Waals surface area contributed by atoms with Gasteiger partial charge in [0.25, 0.3) is 0 Å². The molecule has 0 radical (unpaired) electrons. The Morgan fingerprint density at radius 2 is 1.82 bits per heavy atom. The van der Waals surface area contributed by atoms with Gasteiger partial charge in [-0.25, -0.2) is 8.42 Å². The molecule has 0 aromatic heterocycles. The number of nitrogen functional groups attached to an aromatic ring is 1. The van der Waals surface area contributed by atoms with E-state index in [4.69, 9.17) is 5.73 Å². The van der Waals surface area contributed by atoms with Crippen molar-refractivity contribution < 1.29 is 8.42 Å². The topological polar surface area (TPSA) is 60.2 Å². The third-order valence-electron chi connectivity index (χ3n) is 2.88. The second kappa shape index (κ2) is 4.37. The number of hydrogen-bond acceptors (Lipinski definition) is 3. The minimum Gasteiger partial charge on any atom is -0.398 e. The zero-order chi connectivity index (χ0) is 12.5. The largest absolute Gasteiger partial charge is 0.398 e. The van der Waals surface area contributed by atoms with Crippen LogP contribution in [0.25, 0.3) is 10.8 Å². The zero-order valence-corrected chi connectivity index (χ0v) is 10.5. The first-order valence-electron chi connectivity index (χ1n) is 5.50. The molecule has 2 N–H and O–H groups in total. The van der Waals surface area contributed by atoms with Crippen molar-refractivity contribution in [2.75, 3.05) is 11.5 Å². The fourth-order valence-electron chi connectivity index (χ4n) is 1.81. The van der Waals surface area contributed by atoms with Crippen molar-refractivity contribution in [2.45, 2.75) is 12.7 Å². The van der Waals surface area contributed by atoms with Crippen LogP contribution in [0.1, 0.15) is 12.5 Å². The zero-order valence-electron chi connectivity index (χ0n) is 9.68. The molecule has 0 aliphatic rings. The molecule has 0 atom stereocenters. The van der Waals surface area contributed by atoms with Crippen LogP contribution in [0.15, 0.2) is 36.4 Å². The third kappa shape index (κ3) is 2.42. The number of fused-ring (bicyclic) bond motifs is 1. The maximum atomic E-state index is 11.6. The van der Waals surface area contributed by atoms with Crippen LogP contribution in [0.4, 0.5) is 5.69 Å². The molecule has 0 unspecified atom stereocenters. The van der Waals surface area contributed by atoms with Crippen LogP contribution in [0.5, 0.6) is 0 Å². The quantitative estimate of drug-likeness (QED) is 0.849. The van der Waals surface area contributed by atoms with Crippen LogP contribution < -0.4 is 5.73 Å². The molecule has 2 aromatic carbocycles. The number of nitrogens with two attached hydrogens (primary N) is 1. The molecule has 2 aromatic rings. The van der Waals surface area contributed by atoms with Crippen LogP contribution in [0.3, 0.4) is 0 Å². The van der Waals surface area contributed by atoms with Crippen LogP contribution in [0, 0.1) is 0 Å². The van der Waals surface area contributed by atoms with Crippen molar-refractivity contribution >= 4 is 26.3 Å². The van der Waals surface area contributed by atoms with E-state index in [2.05, 4.69) is 0 Å². The molecular formula is C13H15NO2S. The summed E-state index contributed by atoms with van der Waals surface area (Å²) < 4.78 is 23.2. The van der Waals surface area contributed by atoms with Crippen molar-refractivity contribution in [3.8, 4) is 0 Å². The molecular weight excluding hydrogens is 234 g/mol. The maximum absolute atomic E-state index is 11.6. The van der Waals surface area contributed by atoms with E-state index in [0.717, 1.165) is 10.8 Å². The monoisotopic (exact) mass is 249 g/mol. The van der Waals surface area contributed by atoms with Crippen molar-refractivity contribution in [3.63, 3.8) is 0 Å². The molecule has 17 heavy (non-hydrogen) atoms. The van der Waals surface area contributed by atoms with Gasteiger partial charge in [-0.05, 0) is 10.9 Å². The Hall–Kier alpha value is -1.55. The molecule has 0 saturated carbocycles. The molecule has 4 heteroatoms. The van der Waals surface area contributed by atoms with Gasteiger partial charge in [-0.2, -0.15) is 0 Å². The van der Waals surface area contributed by atoms with Crippen molar-refractivity contribution in [2.24, 2.45) is 0 Å². The van der Waals surface area contributed by atoms with Crippen molar-refractivity contribution in [3.05, 3.63) is 42.0 Å². The van der Waals surface area contributed by atoms with Crippen LogP contribution >= 0.6 is 0 Å². The summed E-state index contributed by atoms with van der Waals surface area (Å²) in [5.74, 6) is 0.152. The van der Waals surface area contributed by atoms with Gasteiger partial charge >= 0.3 is 0 Å². The summed E-state index contributed by atoms with van der Waals surface area (Å²) in [5, 5.41) is 1.94. The molecule has 90 valence electrons. The highest BCUT2D eigenvalue weighted by molar-refractivity contribution is 7.90. The Bertz CT molecular complexity index is 648. The van der Waals surface area contributed by atoms with E-state index in [-0.39, 0.29) is 11.5 Å². The number of hydrogen-bond donors (Lipinski definition) is 1. The molecule has 3 nitrogen and oxygen atoms in total.